The van der Waals surface area contributed by atoms with E-state index in [1.807, 2.05) is 43.3 Å². The summed E-state index contributed by atoms with van der Waals surface area (Å²) < 4.78 is 21.0. The number of aryl methyl sites for hydroxylation is 1. The van der Waals surface area contributed by atoms with Crippen LogP contribution in [0, 0.1) is 12.7 Å². The van der Waals surface area contributed by atoms with Crippen LogP contribution in [0.2, 0.25) is 0 Å². The average Bonchev–Trinajstić information content (AvgIpc) is 3.58. The van der Waals surface area contributed by atoms with E-state index in [1.165, 1.54) is 33.8 Å². The minimum atomic E-state index is -1.04. The highest BCUT2D eigenvalue weighted by molar-refractivity contribution is 6.01. The highest BCUT2D eigenvalue weighted by Crippen LogP contribution is 2.29. The molecule has 9 heteroatoms. The Balaban J connectivity index is 1.52. The molecule has 0 radical (unpaired) electrons. The van der Waals surface area contributed by atoms with Gasteiger partial charge in [0.25, 0.3) is 0 Å². The van der Waals surface area contributed by atoms with Crippen molar-refractivity contribution in [3.63, 3.8) is 0 Å². The molecule has 2 heterocycles. The van der Waals surface area contributed by atoms with Crippen molar-refractivity contribution < 1.29 is 18.7 Å². The van der Waals surface area contributed by atoms with Crippen LogP contribution in [0.25, 0.3) is 11.0 Å². The zero-order valence-electron chi connectivity index (χ0n) is 20.5. The molecule has 3 aromatic carbocycles. The summed E-state index contributed by atoms with van der Waals surface area (Å²) in [4.78, 5) is 29.1. The lowest BCUT2D eigenvalue weighted by Crippen LogP contribution is -2.46. The van der Waals surface area contributed by atoms with Crippen molar-refractivity contribution >= 4 is 28.5 Å². The van der Waals surface area contributed by atoms with Gasteiger partial charge in [0, 0.05) is 18.8 Å². The van der Waals surface area contributed by atoms with Gasteiger partial charge in [0.05, 0.1) is 11.6 Å². The maximum absolute atomic E-state index is 13.9. The van der Waals surface area contributed by atoms with Gasteiger partial charge in [-0.3, -0.25) is 14.5 Å². The summed E-state index contributed by atoms with van der Waals surface area (Å²) in [5.74, 6) is -1.16. The topological polar surface area (TPSA) is 89.4 Å². The molecule has 37 heavy (non-hydrogen) atoms. The fourth-order valence-corrected chi connectivity index (χ4v) is 4.56. The number of aromatic nitrogens is 3. The lowest BCUT2D eigenvalue weighted by molar-refractivity contribution is -0.127. The Morgan fingerprint density at radius 3 is 2.59 bits per heavy atom. The predicted molar refractivity (Wildman–Crippen MR) is 137 cm³/mol. The van der Waals surface area contributed by atoms with E-state index in [4.69, 9.17) is 4.74 Å². The molecule has 0 unspecified atom stereocenters. The summed E-state index contributed by atoms with van der Waals surface area (Å²) in [6, 6.07) is 19.3. The minimum Gasteiger partial charge on any atom is -0.376 e. The van der Waals surface area contributed by atoms with Crippen molar-refractivity contribution in [3.8, 4) is 0 Å². The molecule has 0 bridgehead atoms. The SMILES string of the molecule is Cc1ccc(N(C(=O)Cn2nnc3ccccc32)[C@@H](C(=O)NC[C@H]2CCCO2)c2ccc(F)cc2)cc1. The summed E-state index contributed by atoms with van der Waals surface area (Å²) in [5.41, 5.74) is 3.42. The Morgan fingerprint density at radius 2 is 1.86 bits per heavy atom. The second-order valence-electron chi connectivity index (χ2n) is 9.17. The number of benzene rings is 3. The molecular weight excluding hydrogens is 473 g/mol. The lowest BCUT2D eigenvalue weighted by atomic mass is 10.0. The van der Waals surface area contributed by atoms with Crippen molar-refractivity contribution in [2.24, 2.45) is 0 Å². The van der Waals surface area contributed by atoms with Gasteiger partial charge in [-0.05, 0) is 61.7 Å². The third-order valence-corrected chi connectivity index (χ3v) is 6.51. The largest absolute Gasteiger partial charge is 0.376 e. The van der Waals surface area contributed by atoms with Crippen molar-refractivity contribution in [2.75, 3.05) is 18.1 Å². The first-order valence-corrected chi connectivity index (χ1v) is 12.3. The number of nitrogens with zero attached hydrogens (tertiary/aromatic N) is 4. The highest BCUT2D eigenvalue weighted by atomic mass is 19.1. The van der Waals surface area contributed by atoms with Crippen LogP contribution in [0.3, 0.4) is 0 Å². The van der Waals surface area contributed by atoms with Crippen molar-refractivity contribution in [1.29, 1.82) is 0 Å². The number of anilines is 1. The Kier molecular flexibility index (Phi) is 7.23. The van der Waals surface area contributed by atoms with E-state index in [9.17, 15) is 14.0 Å². The van der Waals surface area contributed by atoms with Crippen LogP contribution in [0.1, 0.15) is 30.0 Å². The summed E-state index contributed by atoms with van der Waals surface area (Å²) in [6.45, 7) is 2.82. The summed E-state index contributed by atoms with van der Waals surface area (Å²) in [6.07, 6.45) is 1.74. The van der Waals surface area contributed by atoms with Crippen LogP contribution in [0.15, 0.2) is 72.8 Å². The van der Waals surface area contributed by atoms with Gasteiger partial charge in [-0.1, -0.05) is 47.2 Å². The number of carbonyl (C=O) groups excluding carboxylic acids is 2. The van der Waals surface area contributed by atoms with Crippen LogP contribution >= 0.6 is 0 Å². The minimum absolute atomic E-state index is 0.0668. The summed E-state index contributed by atoms with van der Waals surface area (Å²) >= 11 is 0. The molecule has 8 nitrogen and oxygen atoms in total. The Hall–Kier alpha value is -4.11. The maximum Gasteiger partial charge on any atom is 0.249 e. The van der Waals surface area contributed by atoms with E-state index in [2.05, 4.69) is 15.6 Å². The number of ether oxygens (including phenoxy) is 1. The van der Waals surface area contributed by atoms with Gasteiger partial charge in [-0.2, -0.15) is 0 Å². The number of hydrogen-bond donors (Lipinski definition) is 1. The predicted octanol–water partition coefficient (Wildman–Crippen LogP) is 3.95. The fourth-order valence-electron chi connectivity index (χ4n) is 4.56. The number of carbonyl (C=O) groups is 2. The molecule has 2 atom stereocenters. The number of rotatable bonds is 8. The highest BCUT2D eigenvalue weighted by Gasteiger charge is 2.34. The molecule has 0 spiro atoms. The smallest absolute Gasteiger partial charge is 0.249 e. The van der Waals surface area contributed by atoms with E-state index in [0.717, 1.165) is 18.4 Å². The number of fused-ring (bicyclic) bond motifs is 1. The molecule has 1 aromatic heterocycles. The van der Waals surface area contributed by atoms with Crippen LogP contribution < -0.4 is 10.2 Å². The third kappa shape index (κ3) is 5.51. The van der Waals surface area contributed by atoms with E-state index in [1.54, 1.807) is 12.1 Å². The first kappa shape index (κ1) is 24.6. The second-order valence-corrected chi connectivity index (χ2v) is 9.17. The van der Waals surface area contributed by atoms with Crippen molar-refractivity contribution in [3.05, 3.63) is 89.7 Å². The maximum atomic E-state index is 13.9. The Morgan fingerprint density at radius 1 is 1.11 bits per heavy atom. The molecule has 4 aromatic rings. The van der Waals surface area contributed by atoms with Crippen LogP contribution in [-0.2, 0) is 20.9 Å². The molecule has 2 amide bonds. The van der Waals surface area contributed by atoms with Gasteiger partial charge in [-0.15, -0.1) is 5.10 Å². The van der Waals surface area contributed by atoms with E-state index < -0.39 is 11.9 Å². The molecule has 1 N–H and O–H groups in total. The van der Waals surface area contributed by atoms with Gasteiger partial charge in [-0.25, -0.2) is 9.07 Å². The monoisotopic (exact) mass is 501 g/mol. The van der Waals surface area contributed by atoms with E-state index in [0.29, 0.717) is 35.4 Å². The molecule has 190 valence electrons. The van der Waals surface area contributed by atoms with Crippen molar-refractivity contribution in [1.82, 2.24) is 20.3 Å². The van der Waals surface area contributed by atoms with Gasteiger partial charge >= 0.3 is 0 Å². The van der Waals surface area contributed by atoms with Crippen LogP contribution in [0.5, 0.6) is 0 Å². The number of para-hydroxylation sites is 1. The van der Waals surface area contributed by atoms with E-state index in [-0.39, 0.29) is 24.5 Å². The number of hydrogen-bond acceptors (Lipinski definition) is 5. The van der Waals surface area contributed by atoms with Gasteiger partial charge in [0.15, 0.2) is 0 Å². The van der Waals surface area contributed by atoms with Crippen LogP contribution in [-0.4, -0.2) is 46.1 Å². The molecule has 0 saturated carbocycles. The number of halogens is 1. The van der Waals surface area contributed by atoms with Crippen LogP contribution in [0.4, 0.5) is 10.1 Å². The standard InChI is InChI=1S/C28H28FN5O3/c1-19-8-14-22(15-9-19)34(26(35)18-33-25-7-3-2-6-24(25)31-32-33)27(20-10-12-21(29)13-11-20)28(36)30-17-23-5-4-16-37-23/h2-3,6-15,23,27H,4-5,16-18H2,1H3,(H,30,36)/t23-,27-/m1/s1. The van der Waals surface area contributed by atoms with Crippen molar-refractivity contribution in [2.45, 2.75) is 38.5 Å². The Labute approximate surface area is 214 Å². The molecule has 1 aliphatic rings. The zero-order chi connectivity index (χ0) is 25.8. The summed E-state index contributed by atoms with van der Waals surface area (Å²) in [5, 5.41) is 11.3. The molecule has 1 aliphatic heterocycles. The molecule has 5 rings (SSSR count). The fraction of sp³-hybridized carbons (Fsp3) is 0.286. The quantitative estimate of drug-likeness (QED) is 0.395. The third-order valence-electron chi connectivity index (χ3n) is 6.51. The number of nitrogens with one attached hydrogen (secondary N) is 1. The molecule has 0 aliphatic carbocycles. The zero-order valence-corrected chi connectivity index (χ0v) is 20.5. The first-order valence-electron chi connectivity index (χ1n) is 12.3. The molecule has 1 fully saturated rings. The average molecular weight is 502 g/mol. The first-order chi connectivity index (χ1) is 18.0. The normalized spacial score (nSPS) is 16.0. The van der Waals surface area contributed by atoms with E-state index >= 15 is 0 Å². The molecule has 1 saturated heterocycles. The second kappa shape index (κ2) is 10.9. The number of amides is 2. The van der Waals surface area contributed by atoms with Gasteiger partial charge in [0.2, 0.25) is 11.8 Å². The van der Waals surface area contributed by atoms with Gasteiger partial charge < -0.3 is 10.1 Å². The Bertz CT molecular complexity index is 1380. The summed E-state index contributed by atoms with van der Waals surface area (Å²) in [7, 11) is 0. The van der Waals surface area contributed by atoms with Gasteiger partial charge in [0.1, 0.15) is 23.9 Å². The lowest BCUT2D eigenvalue weighted by Gasteiger charge is -2.32. The molecular formula is C28H28FN5O3.